The minimum Gasteiger partial charge on any atom is -0.489 e. The highest BCUT2D eigenvalue weighted by Crippen LogP contribution is 2.14. The molecule has 0 aliphatic heterocycles. The van der Waals surface area contributed by atoms with E-state index in [1.54, 1.807) is 6.21 Å². The normalized spacial score (nSPS) is 10.6. The van der Waals surface area contributed by atoms with Gasteiger partial charge in [0.15, 0.2) is 0 Å². The molecule has 2 rings (SSSR count). The number of ether oxygens (including phenoxy) is 1. The number of rotatable bonds is 4. The van der Waals surface area contributed by atoms with Gasteiger partial charge in [-0.25, -0.2) is 0 Å². The molecule has 0 saturated carbocycles. The van der Waals surface area contributed by atoms with Gasteiger partial charge in [0, 0.05) is 0 Å². The summed E-state index contributed by atoms with van der Waals surface area (Å²) in [6.45, 7) is 0.560. The molecule has 0 atom stereocenters. The van der Waals surface area contributed by atoms with Crippen LogP contribution in [-0.4, -0.2) is 6.21 Å². The number of hydrogen-bond acceptors (Lipinski definition) is 3. The maximum Gasteiger partial charge on any atom is 0.120 e. The molecule has 17 heavy (non-hydrogen) atoms. The van der Waals surface area contributed by atoms with Crippen molar-refractivity contribution in [1.82, 2.24) is 0 Å². The largest absolute Gasteiger partial charge is 0.489 e. The highest BCUT2D eigenvalue weighted by Gasteiger charge is 1.96. The summed E-state index contributed by atoms with van der Waals surface area (Å²) < 4.78 is 5.68. The van der Waals surface area contributed by atoms with Crippen LogP contribution in [0.15, 0.2) is 59.7 Å². The zero-order valence-electron chi connectivity index (χ0n) is 9.41. The molecule has 0 aromatic heterocycles. The van der Waals surface area contributed by atoms with Gasteiger partial charge in [-0.2, -0.15) is 5.10 Å². The third-order valence-electron chi connectivity index (χ3n) is 2.33. The van der Waals surface area contributed by atoms with E-state index in [2.05, 4.69) is 5.10 Å². The molecular weight excluding hydrogens is 212 g/mol. The fourth-order valence-corrected chi connectivity index (χ4v) is 1.51. The Hall–Kier alpha value is -2.29. The van der Waals surface area contributed by atoms with Gasteiger partial charge in [0.05, 0.1) is 6.21 Å². The summed E-state index contributed by atoms with van der Waals surface area (Å²) in [7, 11) is 0. The number of nitrogens with two attached hydrogens (primary N) is 1. The van der Waals surface area contributed by atoms with Gasteiger partial charge in [-0.1, -0.05) is 42.5 Å². The average molecular weight is 226 g/mol. The van der Waals surface area contributed by atoms with Crippen molar-refractivity contribution >= 4 is 6.21 Å². The molecule has 0 fully saturated rings. The third kappa shape index (κ3) is 3.34. The number of hydrogen-bond donors (Lipinski definition) is 1. The summed E-state index contributed by atoms with van der Waals surface area (Å²) >= 11 is 0. The first-order valence-corrected chi connectivity index (χ1v) is 5.38. The van der Waals surface area contributed by atoms with Gasteiger partial charge in [-0.15, -0.1) is 0 Å². The van der Waals surface area contributed by atoms with Crippen LogP contribution in [0.2, 0.25) is 0 Å². The molecule has 0 aliphatic rings. The lowest BCUT2D eigenvalue weighted by Gasteiger charge is -2.06. The summed E-state index contributed by atoms with van der Waals surface area (Å²) in [5.41, 5.74) is 2.07. The van der Waals surface area contributed by atoms with E-state index < -0.39 is 0 Å². The Morgan fingerprint density at radius 2 is 1.88 bits per heavy atom. The number of nitrogens with zero attached hydrogens (tertiary/aromatic N) is 1. The van der Waals surface area contributed by atoms with E-state index in [-0.39, 0.29) is 0 Å². The lowest BCUT2D eigenvalue weighted by atomic mass is 10.2. The summed E-state index contributed by atoms with van der Waals surface area (Å²) in [5.74, 6) is 5.92. The van der Waals surface area contributed by atoms with Crippen molar-refractivity contribution < 1.29 is 4.74 Å². The van der Waals surface area contributed by atoms with Crippen LogP contribution >= 0.6 is 0 Å². The van der Waals surface area contributed by atoms with E-state index >= 15 is 0 Å². The maximum atomic E-state index is 5.68. The Labute approximate surface area is 101 Å². The monoisotopic (exact) mass is 226 g/mol. The molecule has 0 spiro atoms. The van der Waals surface area contributed by atoms with E-state index in [9.17, 15) is 0 Å². The van der Waals surface area contributed by atoms with Crippen molar-refractivity contribution in [1.29, 1.82) is 0 Å². The van der Waals surface area contributed by atoms with Crippen LogP contribution in [0, 0.1) is 0 Å². The van der Waals surface area contributed by atoms with Crippen LogP contribution in [0.3, 0.4) is 0 Å². The van der Waals surface area contributed by atoms with Gasteiger partial charge >= 0.3 is 0 Å². The molecule has 3 heteroatoms. The highest BCUT2D eigenvalue weighted by atomic mass is 16.5. The fraction of sp³-hybridized carbons (Fsp3) is 0.0714. The molecule has 2 aromatic carbocycles. The van der Waals surface area contributed by atoms with Gasteiger partial charge in [-0.3, -0.25) is 0 Å². The predicted molar refractivity (Wildman–Crippen MR) is 69.0 cm³/mol. The average Bonchev–Trinajstić information content (AvgIpc) is 2.39. The van der Waals surface area contributed by atoms with Gasteiger partial charge in [0.2, 0.25) is 0 Å². The summed E-state index contributed by atoms with van der Waals surface area (Å²) in [6, 6.07) is 17.7. The van der Waals surface area contributed by atoms with Crippen molar-refractivity contribution in [3.05, 3.63) is 65.7 Å². The first-order chi connectivity index (χ1) is 8.38. The minimum absolute atomic E-state index is 0.560. The van der Waals surface area contributed by atoms with Crippen LogP contribution in [0.4, 0.5) is 0 Å². The minimum atomic E-state index is 0.560. The number of hydrazone groups is 1. The second-order valence-corrected chi connectivity index (χ2v) is 3.62. The zero-order valence-corrected chi connectivity index (χ0v) is 9.41. The van der Waals surface area contributed by atoms with Crippen molar-refractivity contribution in [2.75, 3.05) is 0 Å². The van der Waals surface area contributed by atoms with Crippen molar-refractivity contribution in [3.8, 4) is 5.75 Å². The second-order valence-electron chi connectivity index (χ2n) is 3.62. The molecule has 3 nitrogen and oxygen atoms in total. The molecule has 0 heterocycles. The van der Waals surface area contributed by atoms with Gasteiger partial charge in [0.1, 0.15) is 12.4 Å². The predicted octanol–water partition coefficient (Wildman–Crippen LogP) is 2.56. The quantitative estimate of drug-likeness (QED) is 0.495. The van der Waals surface area contributed by atoms with Gasteiger partial charge in [0.25, 0.3) is 0 Å². The summed E-state index contributed by atoms with van der Waals surface area (Å²) in [4.78, 5) is 0. The van der Waals surface area contributed by atoms with Gasteiger partial charge < -0.3 is 10.6 Å². The first kappa shape index (κ1) is 11.2. The molecule has 0 radical (unpaired) electrons. The standard InChI is InChI=1S/C14H14N2O/c15-16-10-13-7-4-8-14(9-13)17-11-12-5-2-1-3-6-12/h1-10H,11,15H2/b16-10-. The lowest BCUT2D eigenvalue weighted by Crippen LogP contribution is -1.95. The van der Waals surface area contributed by atoms with Crippen LogP contribution in [-0.2, 0) is 6.61 Å². The Balaban J connectivity index is 2.02. The molecule has 0 unspecified atom stereocenters. The molecule has 0 bridgehead atoms. The van der Waals surface area contributed by atoms with E-state index in [1.807, 2.05) is 54.6 Å². The Kier molecular flexibility index (Phi) is 3.76. The van der Waals surface area contributed by atoms with E-state index in [4.69, 9.17) is 10.6 Å². The SMILES string of the molecule is N/N=C\c1cccc(OCc2ccccc2)c1. The van der Waals surface area contributed by atoms with Crippen molar-refractivity contribution in [2.45, 2.75) is 6.61 Å². The molecular formula is C14H14N2O. The zero-order chi connectivity index (χ0) is 11.9. The molecule has 0 amide bonds. The maximum absolute atomic E-state index is 5.68. The van der Waals surface area contributed by atoms with Crippen LogP contribution < -0.4 is 10.6 Å². The topological polar surface area (TPSA) is 47.6 Å². The highest BCUT2D eigenvalue weighted by molar-refractivity contribution is 5.79. The van der Waals surface area contributed by atoms with Gasteiger partial charge in [-0.05, 0) is 23.3 Å². The third-order valence-corrected chi connectivity index (χ3v) is 2.33. The second kappa shape index (κ2) is 5.70. The van der Waals surface area contributed by atoms with E-state index in [0.717, 1.165) is 16.9 Å². The van der Waals surface area contributed by atoms with E-state index in [1.165, 1.54) is 0 Å². The molecule has 86 valence electrons. The molecule has 0 saturated heterocycles. The molecule has 0 aliphatic carbocycles. The molecule has 2 aromatic rings. The first-order valence-electron chi connectivity index (χ1n) is 5.38. The summed E-state index contributed by atoms with van der Waals surface area (Å²) in [6.07, 6.45) is 1.59. The smallest absolute Gasteiger partial charge is 0.120 e. The molecule has 2 N–H and O–H groups in total. The van der Waals surface area contributed by atoms with Crippen LogP contribution in [0.5, 0.6) is 5.75 Å². The van der Waals surface area contributed by atoms with Crippen LogP contribution in [0.1, 0.15) is 11.1 Å². The Morgan fingerprint density at radius 3 is 2.65 bits per heavy atom. The number of benzene rings is 2. The Morgan fingerprint density at radius 1 is 1.06 bits per heavy atom. The lowest BCUT2D eigenvalue weighted by molar-refractivity contribution is 0.306. The van der Waals surface area contributed by atoms with Crippen LogP contribution in [0.25, 0.3) is 0 Å². The van der Waals surface area contributed by atoms with Crippen molar-refractivity contribution in [3.63, 3.8) is 0 Å². The Bertz CT molecular complexity index is 495. The van der Waals surface area contributed by atoms with E-state index in [0.29, 0.717) is 6.61 Å². The van der Waals surface area contributed by atoms with Crippen molar-refractivity contribution in [2.24, 2.45) is 10.9 Å². The fourth-order valence-electron chi connectivity index (χ4n) is 1.51. The summed E-state index contributed by atoms with van der Waals surface area (Å²) in [5, 5.41) is 3.48.